The average Bonchev–Trinajstić information content (AvgIpc) is 3.05. The number of aliphatic hydroxyl groups excluding tert-OH is 2. The van der Waals surface area contributed by atoms with Crippen LogP contribution in [0.4, 0.5) is 0 Å². The smallest absolute Gasteiger partial charge is 0.208 e. The highest BCUT2D eigenvalue weighted by Crippen LogP contribution is 2.75. The Labute approximate surface area is 173 Å². The fourth-order valence-corrected chi connectivity index (χ4v) is 9.48. The van der Waals surface area contributed by atoms with Gasteiger partial charge in [-0.25, -0.2) is 4.98 Å². The van der Waals surface area contributed by atoms with Crippen LogP contribution in [0.15, 0.2) is 12.2 Å². The van der Waals surface area contributed by atoms with E-state index in [0.717, 1.165) is 17.1 Å². The molecule has 8 atom stereocenters. The van der Waals surface area contributed by atoms with E-state index in [-0.39, 0.29) is 35.6 Å². The summed E-state index contributed by atoms with van der Waals surface area (Å²) in [6.07, 6.45) is -0.308. The van der Waals surface area contributed by atoms with Crippen molar-refractivity contribution in [3.05, 3.63) is 27.7 Å². The minimum Gasteiger partial charge on any atom is -0.391 e. The van der Waals surface area contributed by atoms with Crippen LogP contribution in [-0.2, 0) is 21.4 Å². The topological polar surface area (TPSA) is 99.9 Å². The molecule has 0 radical (unpaired) electrons. The van der Waals surface area contributed by atoms with Crippen LogP contribution < -0.4 is 0 Å². The molecule has 6 nitrogen and oxygen atoms in total. The van der Waals surface area contributed by atoms with Gasteiger partial charge in [-0.1, -0.05) is 20.4 Å². The molecule has 7 rings (SSSR count). The number of ketones is 1. The summed E-state index contributed by atoms with van der Waals surface area (Å²) in [5, 5.41) is 35.7. The Balaban J connectivity index is 1.71. The Morgan fingerprint density at radius 2 is 1.97 bits per heavy atom. The highest BCUT2D eigenvalue weighted by Gasteiger charge is 2.86. The minimum atomic E-state index is -2.11. The minimum absolute atomic E-state index is 0.203. The van der Waals surface area contributed by atoms with Crippen LogP contribution in [-0.4, -0.2) is 50.7 Å². The van der Waals surface area contributed by atoms with Crippen LogP contribution in [0.1, 0.15) is 42.3 Å². The number of hydrogen-bond acceptors (Lipinski definition) is 7. The molecule has 7 heteroatoms. The Bertz CT molecular complexity index is 986. The first-order chi connectivity index (χ1) is 13.5. The summed E-state index contributed by atoms with van der Waals surface area (Å²) < 4.78 is 6.02. The summed E-state index contributed by atoms with van der Waals surface area (Å²) in [5.74, 6) is -3.50. The van der Waals surface area contributed by atoms with E-state index in [1.807, 2.05) is 6.92 Å². The van der Waals surface area contributed by atoms with Crippen molar-refractivity contribution >= 4 is 17.1 Å². The zero-order chi connectivity index (χ0) is 20.7. The summed E-state index contributed by atoms with van der Waals surface area (Å²) >= 11 is 1.66. The molecule has 2 aliphatic heterocycles. The third-order valence-corrected chi connectivity index (χ3v) is 9.97. The van der Waals surface area contributed by atoms with Gasteiger partial charge in [0.05, 0.1) is 23.4 Å². The quantitative estimate of drug-likeness (QED) is 0.553. The maximum Gasteiger partial charge on any atom is 0.208 e. The number of carbonyl (C=O) groups is 1. The fourth-order valence-electron chi connectivity index (χ4n) is 8.21. The number of Topliss-reactive ketones (excluding diaryl/α,β-unsaturated/α-hetero) is 1. The molecule has 5 fully saturated rings. The van der Waals surface area contributed by atoms with Crippen molar-refractivity contribution in [2.24, 2.45) is 28.6 Å². The lowest BCUT2D eigenvalue weighted by Gasteiger charge is -2.73. The number of rotatable bonds is 0. The van der Waals surface area contributed by atoms with E-state index in [0.29, 0.717) is 18.4 Å². The molecule has 0 amide bonds. The number of thiazole rings is 1. The predicted octanol–water partition coefficient (Wildman–Crippen LogP) is 1.49. The summed E-state index contributed by atoms with van der Waals surface area (Å²) in [4.78, 5) is 19.7. The zero-order valence-corrected chi connectivity index (χ0v) is 17.8. The van der Waals surface area contributed by atoms with Gasteiger partial charge in [-0.05, 0) is 43.1 Å². The van der Waals surface area contributed by atoms with Crippen molar-refractivity contribution in [1.82, 2.24) is 4.98 Å². The van der Waals surface area contributed by atoms with Crippen molar-refractivity contribution in [3.8, 4) is 0 Å². The monoisotopic (exact) mass is 417 g/mol. The first-order valence-corrected chi connectivity index (χ1v) is 11.3. The SMILES string of the molecule is C=C1C(=O)[C@@]23C(CCC1[C@H]2O)[C@@]12CO[C@@]3(O)[C@@H](O)C1C(C)(C)Cc1sc(C)nc12. The molecule has 1 aromatic heterocycles. The standard InChI is InChI=1S/C22H27NO5S/c1-9-11-5-6-13-20-8-28-22(27,21(13,16(9)24)17(11)25)18(26)14(20)19(3,4)7-12-15(20)23-10(2)29-12/h11,13-14,17-18,25-27H,1,5-8H2,2-4H3/t11?,13?,14?,17-,18+,20+,21+,22+/m1/s1. The number of nitrogens with zero attached hydrogens (tertiary/aromatic N) is 1. The van der Waals surface area contributed by atoms with E-state index in [1.54, 1.807) is 11.3 Å². The normalized spacial score (nSPS) is 51.6. The summed E-state index contributed by atoms with van der Waals surface area (Å²) in [5.41, 5.74) is -1.34. The maximum atomic E-state index is 13.6. The molecule has 29 heavy (non-hydrogen) atoms. The van der Waals surface area contributed by atoms with Crippen LogP contribution >= 0.6 is 11.3 Å². The Kier molecular flexibility index (Phi) is 3.23. The second-order valence-electron chi connectivity index (χ2n) is 10.5. The van der Waals surface area contributed by atoms with Gasteiger partial charge in [-0.3, -0.25) is 4.79 Å². The van der Waals surface area contributed by atoms with Gasteiger partial charge in [0.15, 0.2) is 5.78 Å². The summed E-state index contributed by atoms with van der Waals surface area (Å²) in [7, 11) is 0. The molecule has 0 aromatic carbocycles. The van der Waals surface area contributed by atoms with Crippen molar-refractivity contribution in [1.29, 1.82) is 0 Å². The molecular formula is C22H27NO5S. The molecule has 4 aliphatic carbocycles. The predicted molar refractivity (Wildman–Crippen MR) is 105 cm³/mol. The first-order valence-electron chi connectivity index (χ1n) is 10.5. The van der Waals surface area contributed by atoms with E-state index in [9.17, 15) is 20.1 Å². The molecule has 2 saturated heterocycles. The number of fused-ring (bicyclic) bond motifs is 3. The van der Waals surface area contributed by atoms with Crippen molar-refractivity contribution < 1.29 is 24.9 Å². The highest BCUT2D eigenvalue weighted by atomic mass is 32.1. The Morgan fingerprint density at radius 3 is 2.69 bits per heavy atom. The van der Waals surface area contributed by atoms with Gasteiger partial charge in [-0.15, -0.1) is 11.3 Å². The van der Waals surface area contributed by atoms with Gasteiger partial charge in [0, 0.05) is 22.1 Å². The molecule has 2 spiro atoms. The summed E-state index contributed by atoms with van der Waals surface area (Å²) in [6.45, 7) is 10.4. The number of aryl methyl sites for hydroxylation is 1. The average molecular weight is 418 g/mol. The lowest BCUT2D eigenvalue weighted by Crippen LogP contribution is -2.85. The molecular weight excluding hydrogens is 390 g/mol. The maximum absolute atomic E-state index is 13.6. The second-order valence-corrected chi connectivity index (χ2v) is 11.8. The number of ether oxygens (including phenoxy) is 1. The van der Waals surface area contributed by atoms with Gasteiger partial charge in [-0.2, -0.15) is 0 Å². The number of aliphatic hydroxyl groups is 3. The number of aromatic nitrogens is 1. The number of carbonyl (C=O) groups excluding carboxylic acids is 1. The van der Waals surface area contributed by atoms with Gasteiger partial charge < -0.3 is 20.1 Å². The van der Waals surface area contributed by atoms with Crippen molar-refractivity contribution in [2.45, 2.75) is 63.4 Å². The van der Waals surface area contributed by atoms with E-state index < -0.39 is 28.8 Å². The molecule has 1 aromatic rings. The lowest BCUT2D eigenvalue weighted by molar-refractivity contribution is -0.429. The molecule has 4 bridgehead atoms. The van der Waals surface area contributed by atoms with Crippen LogP contribution in [0.2, 0.25) is 0 Å². The Hall–Kier alpha value is -1.12. The molecule has 3 saturated carbocycles. The third-order valence-electron chi connectivity index (χ3n) is 9.00. The lowest BCUT2D eigenvalue weighted by atomic mass is 9.36. The molecule has 6 aliphatic rings. The molecule has 3 N–H and O–H groups in total. The van der Waals surface area contributed by atoms with E-state index in [1.165, 1.54) is 4.88 Å². The van der Waals surface area contributed by atoms with Crippen LogP contribution in [0, 0.1) is 35.5 Å². The van der Waals surface area contributed by atoms with Crippen LogP contribution in [0.3, 0.4) is 0 Å². The molecule has 3 unspecified atom stereocenters. The summed E-state index contributed by atoms with van der Waals surface area (Å²) in [6, 6.07) is 0. The number of hydrogen-bond donors (Lipinski definition) is 3. The molecule has 3 heterocycles. The fraction of sp³-hybridized carbons (Fsp3) is 0.727. The Morgan fingerprint density at radius 1 is 1.24 bits per heavy atom. The second kappa shape index (κ2) is 5.02. The van der Waals surface area contributed by atoms with E-state index in [4.69, 9.17) is 9.72 Å². The van der Waals surface area contributed by atoms with Crippen LogP contribution in [0.25, 0.3) is 0 Å². The van der Waals surface area contributed by atoms with Gasteiger partial charge in [0.1, 0.15) is 11.5 Å². The highest BCUT2D eigenvalue weighted by molar-refractivity contribution is 7.11. The van der Waals surface area contributed by atoms with Gasteiger partial charge >= 0.3 is 0 Å². The van der Waals surface area contributed by atoms with Crippen molar-refractivity contribution in [2.75, 3.05) is 6.61 Å². The van der Waals surface area contributed by atoms with Crippen molar-refractivity contribution in [3.63, 3.8) is 0 Å². The first kappa shape index (κ1) is 18.6. The largest absolute Gasteiger partial charge is 0.391 e. The van der Waals surface area contributed by atoms with E-state index in [2.05, 4.69) is 20.4 Å². The zero-order valence-electron chi connectivity index (χ0n) is 16.9. The molecule has 156 valence electrons. The van der Waals surface area contributed by atoms with Gasteiger partial charge in [0.25, 0.3) is 0 Å². The van der Waals surface area contributed by atoms with Crippen LogP contribution in [0.5, 0.6) is 0 Å². The van der Waals surface area contributed by atoms with E-state index >= 15 is 0 Å². The third kappa shape index (κ3) is 1.64. The van der Waals surface area contributed by atoms with Gasteiger partial charge in [0.2, 0.25) is 5.79 Å².